The van der Waals surface area contributed by atoms with E-state index in [0.29, 0.717) is 30.0 Å². The molecule has 1 amide bonds. The first-order valence-corrected chi connectivity index (χ1v) is 7.02. The van der Waals surface area contributed by atoms with Crippen LogP contribution in [0.4, 0.5) is 0 Å². The summed E-state index contributed by atoms with van der Waals surface area (Å²) in [5, 5.41) is 3.77. The van der Waals surface area contributed by atoms with E-state index in [1.54, 1.807) is 6.20 Å². The highest BCUT2D eigenvalue weighted by molar-refractivity contribution is 6.03. The minimum Gasteiger partial charge on any atom is -0.376 e. The number of nitrogens with one attached hydrogen (secondary N) is 2. The lowest BCUT2D eigenvalue weighted by atomic mass is 10.1. The second-order valence-electron chi connectivity index (χ2n) is 5.58. The fourth-order valence-corrected chi connectivity index (χ4v) is 2.86. The highest BCUT2D eigenvalue weighted by atomic mass is 16.5. The molecule has 1 saturated carbocycles. The summed E-state index contributed by atoms with van der Waals surface area (Å²) < 4.78 is 5.75. The number of rotatable bonds is 3. The highest BCUT2D eigenvalue weighted by Crippen LogP contribution is 2.38. The van der Waals surface area contributed by atoms with Gasteiger partial charge in [-0.25, -0.2) is 9.97 Å². The van der Waals surface area contributed by atoms with Crippen LogP contribution in [0.5, 0.6) is 0 Å². The van der Waals surface area contributed by atoms with Gasteiger partial charge in [0, 0.05) is 6.20 Å². The number of hydrogen-bond donors (Lipinski definition) is 2. The molecule has 20 heavy (non-hydrogen) atoms. The summed E-state index contributed by atoms with van der Waals surface area (Å²) in [6.07, 6.45) is 6.95. The van der Waals surface area contributed by atoms with E-state index in [9.17, 15) is 4.79 Å². The number of carbonyl (C=O) groups excluding carboxylic acids is 1. The molecule has 6 nitrogen and oxygen atoms in total. The number of fused-ring (bicyclic) bond motifs is 1. The SMILES string of the molecule is O=C(NC1COC(C2CC2)C1)c1ncnc2[nH]ccc12. The fraction of sp³-hybridized carbons (Fsp3) is 0.500. The second-order valence-corrected chi connectivity index (χ2v) is 5.58. The maximum absolute atomic E-state index is 12.3. The van der Waals surface area contributed by atoms with Crippen molar-refractivity contribution in [3.8, 4) is 0 Å². The van der Waals surface area contributed by atoms with Crippen molar-refractivity contribution in [2.75, 3.05) is 6.61 Å². The van der Waals surface area contributed by atoms with Crippen LogP contribution in [0.25, 0.3) is 11.0 Å². The zero-order chi connectivity index (χ0) is 13.5. The zero-order valence-electron chi connectivity index (χ0n) is 11.0. The first-order chi connectivity index (χ1) is 9.81. The molecular weight excluding hydrogens is 256 g/mol. The smallest absolute Gasteiger partial charge is 0.271 e. The molecule has 2 aromatic rings. The van der Waals surface area contributed by atoms with Gasteiger partial charge in [0.2, 0.25) is 0 Å². The molecule has 4 rings (SSSR count). The van der Waals surface area contributed by atoms with Crippen LogP contribution >= 0.6 is 0 Å². The Hall–Kier alpha value is -1.95. The second kappa shape index (κ2) is 4.56. The van der Waals surface area contributed by atoms with Crippen molar-refractivity contribution in [3.05, 3.63) is 24.3 Å². The van der Waals surface area contributed by atoms with Crippen LogP contribution in [0.1, 0.15) is 29.8 Å². The Balaban J connectivity index is 1.49. The molecule has 2 unspecified atom stereocenters. The molecule has 0 aromatic carbocycles. The summed E-state index contributed by atoms with van der Waals surface area (Å²) in [5.74, 6) is 0.564. The van der Waals surface area contributed by atoms with Crippen molar-refractivity contribution < 1.29 is 9.53 Å². The molecule has 2 atom stereocenters. The molecule has 2 fully saturated rings. The van der Waals surface area contributed by atoms with E-state index in [1.807, 2.05) is 6.07 Å². The van der Waals surface area contributed by atoms with Crippen LogP contribution in [0.15, 0.2) is 18.6 Å². The Kier molecular flexibility index (Phi) is 2.70. The predicted molar refractivity (Wildman–Crippen MR) is 72.2 cm³/mol. The minimum atomic E-state index is -0.151. The van der Waals surface area contributed by atoms with Gasteiger partial charge in [0.1, 0.15) is 17.7 Å². The van der Waals surface area contributed by atoms with Gasteiger partial charge < -0.3 is 15.0 Å². The molecular formula is C14H16N4O2. The Labute approximate surface area is 115 Å². The van der Waals surface area contributed by atoms with Crippen LogP contribution < -0.4 is 5.32 Å². The Morgan fingerprint density at radius 3 is 3.15 bits per heavy atom. The van der Waals surface area contributed by atoms with Crippen molar-refractivity contribution in [2.24, 2.45) is 5.92 Å². The largest absolute Gasteiger partial charge is 0.376 e. The first-order valence-electron chi connectivity index (χ1n) is 7.02. The number of hydrogen-bond acceptors (Lipinski definition) is 4. The number of carbonyl (C=O) groups is 1. The van der Waals surface area contributed by atoms with Gasteiger partial charge in [0.15, 0.2) is 0 Å². The van der Waals surface area contributed by atoms with E-state index in [-0.39, 0.29) is 11.9 Å². The third-order valence-electron chi connectivity index (χ3n) is 4.08. The Bertz CT molecular complexity index is 649. The molecule has 2 aromatic heterocycles. The lowest BCUT2D eigenvalue weighted by Gasteiger charge is -2.11. The van der Waals surface area contributed by atoms with Gasteiger partial charge >= 0.3 is 0 Å². The standard InChI is InChI=1S/C14H16N4O2/c19-14(12-10-3-4-15-13(10)17-7-16-12)18-9-5-11(20-6-9)8-1-2-8/h3-4,7-9,11H,1-2,5-6H2,(H,18,19)(H,15,16,17). The minimum absolute atomic E-state index is 0.0945. The number of H-pyrrole nitrogens is 1. The maximum Gasteiger partial charge on any atom is 0.271 e. The molecule has 0 spiro atoms. The molecule has 0 bridgehead atoms. The van der Waals surface area contributed by atoms with Crippen LogP contribution in [0.2, 0.25) is 0 Å². The summed E-state index contributed by atoms with van der Waals surface area (Å²) in [6, 6.07) is 1.92. The number of nitrogens with zero attached hydrogens (tertiary/aromatic N) is 2. The van der Waals surface area contributed by atoms with Crippen LogP contribution in [0, 0.1) is 5.92 Å². The highest BCUT2D eigenvalue weighted by Gasteiger charge is 2.38. The molecule has 2 aliphatic rings. The topological polar surface area (TPSA) is 79.9 Å². The normalized spacial score (nSPS) is 26.0. The summed E-state index contributed by atoms with van der Waals surface area (Å²) >= 11 is 0. The molecule has 6 heteroatoms. The van der Waals surface area contributed by atoms with Crippen molar-refractivity contribution in [1.82, 2.24) is 20.3 Å². The predicted octanol–water partition coefficient (Wildman–Crippen LogP) is 1.26. The van der Waals surface area contributed by atoms with Crippen LogP contribution in [-0.4, -0.2) is 39.6 Å². The molecule has 1 saturated heterocycles. The van der Waals surface area contributed by atoms with Gasteiger partial charge in [-0.3, -0.25) is 4.79 Å². The van der Waals surface area contributed by atoms with Gasteiger partial charge in [0.25, 0.3) is 5.91 Å². The summed E-state index contributed by atoms with van der Waals surface area (Å²) in [5.41, 5.74) is 1.11. The molecule has 0 radical (unpaired) electrons. The monoisotopic (exact) mass is 272 g/mol. The first kappa shape index (κ1) is 11.8. The number of ether oxygens (including phenoxy) is 1. The molecule has 3 heterocycles. The number of amides is 1. The molecule has 104 valence electrons. The summed E-state index contributed by atoms with van der Waals surface area (Å²) in [7, 11) is 0. The Morgan fingerprint density at radius 1 is 1.40 bits per heavy atom. The van der Waals surface area contributed by atoms with E-state index >= 15 is 0 Å². The average Bonchev–Trinajstić information content (AvgIpc) is 3.00. The fourth-order valence-electron chi connectivity index (χ4n) is 2.86. The van der Waals surface area contributed by atoms with E-state index < -0.39 is 0 Å². The van der Waals surface area contributed by atoms with E-state index in [0.717, 1.165) is 11.8 Å². The van der Waals surface area contributed by atoms with Crippen molar-refractivity contribution >= 4 is 16.9 Å². The van der Waals surface area contributed by atoms with E-state index in [4.69, 9.17) is 4.74 Å². The molecule has 1 aliphatic carbocycles. The van der Waals surface area contributed by atoms with Gasteiger partial charge in [-0.2, -0.15) is 0 Å². The maximum atomic E-state index is 12.3. The third-order valence-corrected chi connectivity index (χ3v) is 4.08. The van der Waals surface area contributed by atoms with Gasteiger partial charge in [0.05, 0.1) is 24.1 Å². The lowest BCUT2D eigenvalue weighted by molar-refractivity contribution is 0.0864. The van der Waals surface area contributed by atoms with Crippen molar-refractivity contribution in [1.29, 1.82) is 0 Å². The third kappa shape index (κ3) is 2.06. The number of aromatic amines is 1. The zero-order valence-corrected chi connectivity index (χ0v) is 11.0. The lowest BCUT2D eigenvalue weighted by Crippen LogP contribution is -2.35. The van der Waals surface area contributed by atoms with Crippen molar-refractivity contribution in [2.45, 2.75) is 31.4 Å². The van der Waals surface area contributed by atoms with Gasteiger partial charge in [-0.05, 0) is 31.2 Å². The van der Waals surface area contributed by atoms with Gasteiger partial charge in [-0.1, -0.05) is 0 Å². The van der Waals surface area contributed by atoms with E-state index in [1.165, 1.54) is 19.2 Å². The number of aromatic nitrogens is 3. The summed E-state index contributed by atoms with van der Waals surface area (Å²) in [6.45, 7) is 0.605. The van der Waals surface area contributed by atoms with E-state index in [2.05, 4.69) is 20.3 Å². The van der Waals surface area contributed by atoms with Gasteiger partial charge in [-0.15, -0.1) is 0 Å². The summed E-state index contributed by atoms with van der Waals surface area (Å²) in [4.78, 5) is 23.5. The average molecular weight is 272 g/mol. The quantitative estimate of drug-likeness (QED) is 0.881. The van der Waals surface area contributed by atoms with Crippen LogP contribution in [0.3, 0.4) is 0 Å². The Morgan fingerprint density at radius 2 is 2.30 bits per heavy atom. The van der Waals surface area contributed by atoms with Crippen LogP contribution in [-0.2, 0) is 4.74 Å². The molecule has 1 aliphatic heterocycles. The van der Waals surface area contributed by atoms with Crippen molar-refractivity contribution in [3.63, 3.8) is 0 Å². The molecule has 2 N–H and O–H groups in total.